The van der Waals surface area contributed by atoms with Crippen LogP contribution in [-0.4, -0.2) is 17.0 Å². The van der Waals surface area contributed by atoms with E-state index in [2.05, 4.69) is 5.32 Å². The molecule has 0 radical (unpaired) electrons. The maximum Gasteiger partial charge on any atom is 0.305 e. The van der Waals surface area contributed by atoms with Crippen LogP contribution >= 0.6 is 0 Å². The Morgan fingerprint density at radius 1 is 1.47 bits per heavy atom. The number of amides is 1. The predicted molar refractivity (Wildman–Crippen MR) is 59.9 cm³/mol. The van der Waals surface area contributed by atoms with E-state index in [-0.39, 0.29) is 12.0 Å². The van der Waals surface area contributed by atoms with Crippen molar-refractivity contribution < 1.29 is 19.1 Å². The number of carboxylic acid groups (broad SMARTS) is 1. The first-order valence-corrected chi connectivity index (χ1v) is 5.15. The van der Waals surface area contributed by atoms with Crippen LogP contribution < -0.4 is 5.32 Å². The van der Waals surface area contributed by atoms with E-state index in [4.69, 9.17) is 5.11 Å². The van der Waals surface area contributed by atoms with E-state index < -0.39 is 23.7 Å². The smallest absolute Gasteiger partial charge is 0.305 e. The molecule has 0 saturated heterocycles. The number of carbonyl (C=O) groups excluding carboxylic acids is 1. The molecular weight excluding hydrogens is 225 g/mol. The van der Waals surface area contributed by atoms with Crippen LogP contribution in [-0.2, 0) is 9.59 Å². The first kappa shape index (κ1) is 13.2. The largest absolute Gasteiger partial charge is 0.481 e. The molecule has 0 spiro atoms. The second kappa shape index (κ2) is 5.43. The molecule has 1 atom stereocenters. The number of carbonyl (C=O) groups is 2. The van der Waals surface area contributed by atoms with Gasteiger partial charge in [0, 0.05) is 12.5 Å². The van der Waals surface area contributed by atoms with Crippen molar-refractivity contribution in [3.05, 3.63) is 35.1 Å². The summed E-state index contributed by atoms with van der Waals surface area (Å²) in [5.41, 5.74) is 1.00. The van der Waals surface area contributed by atoms with E-state index in [1.807, 2.05) is 0 Å². The maximum atomic E-state index is 13.6. The van der Waals surface area contributed by atoms with Crippen molar-refractivity contribution in [1.82, 2.24) is 5.32 Å². The number of aryl methyl sites for hydroxylation is 1. The van der Waals surface area contributed by atoms with Gasteiger partial charge in [-0.3, -0.25) is 9.59 Å². The molecule has 92 valence electrons. The fraction of sp³-hybridized carbons (Fsp3) is 0.333. The Hall–Kier alpha value is -1.91. The van der Waals surface area contributed by atoms with E-state index >= 15 is 0 Å². The minimum atomic E-state index is -1.09. The summed E-state index contributed by atoms with van der Waals surface area (Å²) in [4.78, 5) is 21.7. The number of hydrogen-bond donors (Lipinski definition) is 2. The van der Waals surface area contributed by atoms with Gasteiger partial charge >= 0.3 is 5.97 Å². The van der Waals surface area contributed by atoms with Crippen LogP contribution in [0, 0.1) is 12.7 Å². The molecule has 0 bridgehead atoms. The highest BCUT2D eigenvalue weighted by atomic mass is 19.1. The standard InChI is InChI=1S/C12H14FNO3/c1-7-3-4-10(13)9(5-7)11(6-12(16)17)14-8(2)15/h3-5,11H,6H2,1-2H3,(H,14,15)(H,16,17)/t11-/m1/s1. The number of nitrogens with one attached hydrogen (secondary N) is 1. The number of carboxylic acids is 1. The molecule has 0 aliphatic heterocycles. The Morgan fingerprint density at radius 3 is 2.65 bits per heavy atom. The topological polar surface area (TPSA) is 66.4 Å². The molecule has 0 heterocycles. The zero-order valence-corrected chi connectivity index (χ0v) is 9.66. The molecule has 1 aromatic carbocycles. The quantitative estimate of drug-likeness (QED) is 0.841. The lowest BCUT2D eigenvalue weighted by molar-refractivity contribution is -0.137. The van der Waals surface area contributed by atoms with Crippen LogP contribution in [0.25, 0.3) is 0 Å². The molecule has 5 heteroatoms. The minimum Gasteiger partial charge on any atom is -0.481 e. The minimum absolute atomic E-state index is 0.197. The summed E-state index contributed by atoms with van der Waals surface area (Å²) in [7, 11) is 0. The van der Waals surface area contributed by atoms with Crippen molar-refractivity contribution in [1.29, 1.82) is 0 Å². The fourth-order valence-electron chi connectivity index (χ4n) is 1.59. The maximum absolute atomic E-state index is 13.6. The number of hydrogen-bond acceptors (Lipinski definition) is 2. The number of halogens is 1. The van der Waals surface area contributed by atoms with Crippen LogP contribution in [0.2, 0.25) is 0 Å². The lowest BCUT2D eigenvalue weighted by Crippen LogP contribution is -2.28. The molecule has 0 fully saturated rings. The molecule has 0 unspecified atom stereocenters. The lowest BCUT2D eigenvalue weighted by atomic mass is 10.0. The fourth-order valence-corrected chi connectivity index (χ4v) is 1.59. The van der Waals surface area contributed by atoms with Crippen LogP contribution in [0.1, 0.15) is 30.5 Å². The molecule has 4 nitrogen and oxygen atoms in total. The molecule has 0 saturated carbocycles. The summed E-state index contributed by atoms with van der Waals surface area (Å²) in [5, 5.41) is 11.2. The van der Waals surface area contributed by atoms with Crippen LogP contribution in [0.4, 0.5) is 4.39 Å². The van der Waals surface area contributed by atoms with Crippen molar-refractivity contribution in [2.45, 2.75) is 26.3 Å². The molecule has 2 N–H and O–H groups in total. The molecular formula is C12H14FNO3. The van der Waals surface area contributed by atoms with E-state index in [1.54, 1.807) is 19.1 Å². The van der Waals surface area contributed by atoms with E-state index in [1.165, 1.54) is 13.0 Å². The molecule has 17 heavy (non-hydrogen) atoms. The summed E-state index contributed by atoms with van der Waals surface area (Å²) < 4.78 is 13.6. The molecule has 1 amide bonds. The third-order valence-electron chi connectivity index (χ3n) is 2.28. The lowest BCUT2D eigenvalue weighted by Gasteiger charge is -2.17. The van der Waals surface area contributed by atoms with Crippen LogP contribution in [0.15, 0.2) is 18.2 Å². The molecule has 0 aromatic heterocycles. The number of benzene rings is 1. The average molecular weight is 239 g/mol. The van der Waals surface area contributed by atoms with Crippen molar-refractivity contribution in [3.63, 3.8) is 0 Å². The number of rotatable bonds is 4. The van der Waals surface area contributed by atoms with E-state index in [9.17, 15) is 14.0 Å². The predicted octanol–water partition coefficient (Wildman–Crippen LogP) is 1.79. The summed E-state index contributed by atoms with van der Waals surface area (Å²) in [6.45, 7) is 3.04. The highest BCUT2D eigenvalue weighted by Crippen LogP contribution is 2.21. The average Bonchev–Trinajstić information content (AvgIpc) is 2.19. The van der Waals surface area contributed by atoms with E-state index in [0.717, 1.165) is 5.56 Å². The zero-order chi connectivity index (χ0) is 13.0. The molecule has 1 aromatic rings. The highest BCUT2D eigenvalue weighted by Gasteiger charge is 2.19. The first-order chi connectivity index (χ1) is 7.90. The second-order valence-corrected chi connectivity index (χ2v) is 3.88. The van der Waals surface area contributed by atoms with Gasteiger partial charge in [0.1, 0.15) is 5.82 Å². The van der Waals surface area contributed by atoms with Gasteiger partial charge in [0.25, 0.3) is 0 Å². The Labute approximate surface area is 98.5 Å². The van der Waals surface area contributed by atoms with Gasteiger partial charge in [-0.2, -0.15) is 0 Å². The molecule has 1 rings (SSSR count). The van der Waals surface area contributed by atoms with Gasteiger partial charge in [0.05, 0.1) is 12.5 Å². The van der Waals surface area contributed by atoms with Crippen molar-refractivity contribution in [2.75, 3.05) is 0 Å². The zero-order valence-electron chi connectivity index (χ0n) is 9.66. The third kappa shape index (κ3) is 3.86. The molecule has 0 aliphatic carbocycles. The Balaban J connectivity index is 3.06. The SMILES string of the molecule is CC(=O)N[C@H](CC(=O)O)c1cc(C)ccc1F. The molecule has 0 aliphatic rings. The Morgan fingerprint density at radius 2 is 2.12 bits per heavy atom. The second-order valence-electron chi connectivity index (χ2n) is 3.88. The third-order valence-corrected chi connectivity index (χ3v) is 2.28. The van der Waals surface area contributed by atoms with Gasteiger partial charge in [-0.1, -0.05) is 17.7 Å². The van der Waals surface area contributed by atoms with Gasteiger partial charge in [-0.25, -0.2) is 4.39 Å². The monoisotopic (exact) mass is 239 g/mol. The van der Waals surface area contributed by atoms with Crippen molar-refractivity contribution in [3.8, 4) is 0 Å². The van der Waals surface area contributed by atoms with Gasteiger partial charge in [0.2, 0.25) is 5.91 Å². The summed E-state index contributed by atoms with van der Waals surface area (Å²) >= 11 is 0. The summed E-state index contributed by atoms with van der Waals surface area (Å²) in [6.07, 6.45) is -0.347. The Kier molecular flexibility index (Phi) is 4.20. The normalized spacial score (nSPS) is 11.9. The van der Waals surface area contributed by atoms with Crippen molar-refractivity contribution >= 4 is 11.9 Å². The van der Waals surface area contributed by atoms with Crippen LogP contribution in [0.5, 0.6) is 0 Å². The summed E-state index contributed by atoms with van der Waals surface area (Å²) in [5.74, 6) is -2.00. The highest BCUT2D eigenvalue weighted by molar-refractivity contribution is 5.75. The van der Waals surface area contributed by atoms with Gasteiger partial charge < -0.3 is 10.4 Å². The first-order valence-electron chi connectivity index (χ1n) is 5.15. The van der Waals surface area contributed by atoms with Crippen molar-refractivity contribution in [2.24, 2.45) is 0 Å². The van der Waals surface area contributed by atoms with Crippen LogP contribution in [0.3, 0.4) is 0 Å². The van der Waals surface area contributed by atoms with Gasteiger partial charge in [-0.15, -0.1) is 0 Å². The Bertz CT molecular complexity index is 429. The summed E-state index contributed by atoms with van der Waals surface area (Å²) in [6, 6.07) is 3.55. The number of aliphatic carboxylic acids is 1. The van der Waals surface area contributed by atoms with E-state index in [0.29, 0.717) is 0 Å². The van der Waals surface area contributed by atoms with Gasteiger partial charge in [-0.05, 0) is 13.0 Å². The van der Waals surface area contributed by atoms with Gasteiger partial charge in [0.15, 0.2) is 0 Å².